The highest BCUT2D eigenvalue weighted by Crippen LogP contribution is 2.15. The smallest absolute Gasteiger partial charge is 0.313 e. The van der Waals surface area contributed by atoms with Gasteiger partial charge in [0.2, 0.25) is 0 Å². The maximum Gasteiger partial charge on any atom is 0.313 e. The summed E-state index contributed by atoms with van der Waals surface area (Å²) in [7, 11) is 0. The van der Waals surface area contributed by atoms with E-state index >= 15 is 0 Å². The minimum atomic E-state index is -0.748. The van der Waals surface area contributed by atoms with Crippen LogP contribution in [0.3, 0.4) is 0 Å². The Morgan fingerprint density at radius 1 is 1.04 bits per heavy atom. The Hall–Kier alpha value is -2.82. The molecule has 0 aliphatic heterocycles. The number of rotatable bonds is 5. The molecule has 3 N–H and O–H groups in total. The number of hydrogen-bond acceptors (Lipinski definition) is 3. The molecule has 0 heterocycles. The zero-order valence-corrected chi connectivity index (χ0v) is 13.0. The van der Waals surface area contributed by atoms with Gasteiger partial charge in [0.25, 0.3) is 0 Å². The zero-order chi connectivity index (χ0) is 16.7. The van der Waals surface area contributed by atoms with Crippen molar-refractivity contribution in [2.45, 2.75) is 25.8 Å². The third-order valence-electron chi connectivity index (χ3n) is 3.40. The van der Waals surface area contributed by atoms with E-state index in [2.05, 4.69) is 10.6 Å². The fourth-order valence-electron chi connectivity index (χ4n) is 2.16. The molecular weight excluding hydrogens is 292 g/mol. The van der Waals surface area contributed by atoms with Crippen LogP contribution in [0.2, 0.25) is 0 Å². The van der Waals surface area contributed by atoms with E-state index in [1.807, 2.05) is 37.3 Å². The van der Waals surface area contributed by atoms with E-state index in [-0.39, 0.29) is 11.8 Å². The molecule has 23 heavy (non-hydrogen) atoms. The van der Waals surface area contributed by atoms with Crippen LogP contribution < -0.4 is 10.6 Å². The molecule has 5 nitrogen and oxygen atoms in total. The van der Waals surface area contributed by atoms with E-state index in [9.17, 15) is 14.7 Å². The molecule has 0 fully saturated rings. The van der Waals surface area contributed by atoms with Crippen molar-refractivity contribution in [3.63, 3.8) is 0 Å². The van der Waals surface area contributed by atoms with Crippen molar-refractivity contribution in [1.29, 1.82) is 0 Å². The number of carbonyl (C=O) groups is 2. The molecule has 0 unspecified atom stereocenters. The van der Waals surface area contributed by atoms with Crippen LogP contribution in [0, 0.1) is 0 Å². The van der Waals surface area contributed by atoms with Crippen molar-refractivity contribution >= 4 is 17.5 Å². The maximum absolute atomic E-state index is 11.9. The first-order valence-electron chi connectivity index (χ1n) is 7.49. The number of phenolic OH excluding ortho intramolecular Hbond substituents is 1. The van der Waals surface area contributed by atoms with Gasteiger partial charge in [-0.25, -0.2) is 0 Å². The van der Waals surface area contributed by atoms with E-state index in [1.165, 1.54) is 17.7 Å². The molecule has 2 amide bonds. The van der Waals surface area contributed by atoms with Gasteiger partial charge in [-0.05, 0) is 37.5 Å². The van der Waals surface area contributed by atoms with Crippen molar-refractivity contribution in [3.05, 3.63) is 60.2 Å². The van der Waals surface area contributed by atoms with E-state index in [0.29, 0.717) is 5.69 Å². The number of aromatic hydroxyl groups is 1. The molecule has 1 atom stereocenters. The second kappa shape index (κ2) is 7.98. The lowest BCUT2D eigenvalue weighted by molar-refractivity contribution is -0.136. The Morgan fingerprint density at radius 3 is 2.48 bits per heavy atom. The summed E-state index contributed by atoms with van der Waals surface area (Å²) < 4.78 is 0. The monoisotopic (exact) mass is 312 g/mol. The summed E-state index contributed by atoms with van der Waals surface area (Å²) in [4.78, 5) is 23.7. The number of benzene rings is 2. The molecule has 0 bridgehead atoms. The molecule has 0 aromatic heterocycles. The molecule has 2 aromatic rings. The van der Waals surface area contributed by atoms with Gasteiger partial charge in [-0.1, -0.05) is 36.4 Å². The number of amides is 2. The fourth-order valence-corrected chi connectivity index (χ4v) is 2.16. The highest BCUT2D eigenvalue weighted by atomic mass is 16.3. The van der Waals surface area contributed by atoms with Gasteiger partial charge in [-0.2, -0.15) is 0 Å². The number of nitrogens with one attached hydrogen (secondary N) is 2. The Labute approximate surface area is 135 Å². The van der Waals surface area contributed by atoms with Crippen LogP contribution >= 0.6 is 0 Å². The van der Waals surface area contributed by atoms with Crippen molar-refractivity contribution in [1.82, 2.24) is 5.32 Å². The second-order valence-corrected chi connectivity index (χ2v) is 5.40. The molecular formula is C18H20N2O3. The first kappa shape index (κ1) is 16.5. The Kier molecular flexibility index (Phi) is 5.74. The van der Waals surface area contributed by atoms with Crippen LogP contribution in [0.5, 0.6) is 5.75 Å². The summed E-state index contributed by atoms with van der Waals surface area (Å²) in [6, 6.07) is 15.9. The zero-order valence-electron chi connectivity index (χ0n) is 13.0. The van der Waals surface area contributed by atoms with Crippen molar-refractivity contribution in [2.24, 2.45) is 0 Å². The molecule has 2 rings (SSSR count). The first-order valence-corrected chi connectivity index (χ1v) is 7.49. The van der Waals surface area contributed by atoms with Crippen LogP contribution in [0.1, 0.15) is 18.9 Å². The van der Waals surface area contributed by atoms with E-state index < -0.39 is 11.8 Å². The summed E-state index contributed by atoms with van der Waals surface area (Å²) >= 11 is 0. The van der Waals surface area contributed by atoms with Crippen LogP contribution in [-0.4, -0.2) is 23.0 Å². The van der Waals surface area contributed by atoms with Crippen molar-refractivity contribution in [3.8, 4) is 5.75 Å². The number of anilines is 1. The third-order valence-corrected chi connectivity index (χ3v) is 3.40. The van der Waals surface area contributed by atoms with Crippen molar-refractivity contribution < 1.29 is 14.7 Å². The van der Waals surface area contributed by atoms with E-state index in [0.717, 1.165) is 12.8 Å². The number of hydrogen-bond donors (Lipinski definition) is 3. The van der Waals surface area contributed by atoms with Gasteiger partial charge in [0.15, 0.2) is 0 Å². The van der Waals surface area contributed by atoms with Gasteiger partial charge in [0.1, 0.15) is 5.75 Å². The van der Waals surface area contributed by atoms with Crippen LogP contribution in [0.4, 0.5) is 5.69 Å². The summed E-state index contributed by atoms with van der Waals surface area (Å²) in [5.41, 5.74) is 1.57. The van der Waals surface area contributed by atoms with Gasteiger partial charge in [0.05, 0.1) is 0 Å². The molecule has 0 spiro atoms. The lowest BCUT2D eigenvalue weighted by Gasteiger charge is -2.13. The fraction of sp³-hybridized carbons (Fsp3) is 0.222. The lowest BCUT2D eigenvalue weighted by atomic mass is 10.1. The number of phenols is 1. The van der Waals surface area contributed by atoms with E-state index in [1.54, 1.807) is 12.1 Å². The highest BCUT2D eigenvalue weighted by Gasteiger charge is 2.16. The highest BCUT2D eigenvalue weighted by molar-refractivity contribution is 6.39. The summed E-state index contributed by atoms with van der Waals surface area (Å²) in [6.07, 6.45) is 1.58. The molecule has 0 saturated carbocycles. The van der Waals surface area contributed by atoms with Gasteiger partial charge in [-0.15, -0.1) is 0 Å². The van der Waals surface area contributed by atoms with Gasteiger partial charge in [0, 0.05) is 17.8 Å². The minimum absolute atomic E-state index is 0.0273. The molecule has 0 aliphatic rings. The molecule has 0 aliphatic carbocycles. The molecule has 2 aromatic carbocycles. The topological polar surface area (TPSA) is 78.4 Å². The van der Waals surface area contributed by atoms with Crippen LogP contribution in [0.15, 0.2) is 54.6 Å². The lowest BCUT2D eigenvalue weighted by Crippen LogP contribution is -2.40. The quantitative estimate of drug-likeness (QED) is 0.742. The second-order valence-electron chi connectivity index (χ2n) is 5.40. The standard InChI is InChI=1S/C18H20N2O3/c1-13(10-11-14-6-3-2-4-7-14)19-17(22)18(23)20-15-8-5-9-16(21)12-15/h2-9,12-13,21H,10-11H2,1H3,(H,19,22)(H,20,23)/t13-/m1/s1. The maximum atomic E-state index is 11.9. The average molecular weight is 312 g/mol. The minimum Gasteiger partial charge on any atom is -0.508 e. The molecule has 0 radical (unpaired) electrons. The number of aryl methyl sites for hydroxylation is 1. The van der Waals surface area contributed by atoms with Crippen LogP contribution in [-0.2, 0) is 16.0 Å². The van der Waals surface area contributed by atoms with Gasteiger partial charge < -0.3 is 15.7 Å². The SMILES string of the molecule is C[C@H](CCc1ccccc1)NC(=O)C(=O)Nc1cccc(O)c1. The summed E-state index contributed by atoms with van der Waals surface area (Å²) in [5.74, 6) is -1.41. The molecule has 0 saturated heterocycles. The molecule has 5 heteroatoms. The van der Waals surface area contributed by atoms with Gasteiger partial charge >= 0.3 is 11.8 Å². The largest absolute Gasteiger partial charge is 0.508 e. The Bertz CT molecular complexity index is 671. The van der Waals surface area contributed by atoms with Gasteiger partial charge in [-0.3, -0.25) is 9.59 Å². The number of carbonyl (C=O) groups excluding carboxylic acids is 2. The molecule has 120 valence electrons. The van der Waals surface area contributed by atoms with E-state index in [4.69, 9.17) is 0 Å². The first-order chi connectivity index (χ1) is 11.0. The average Bonchev–Trinajstić information content (AvgIpc) is 2.54. The van der Waals surface area contributed by atoms with Crippen LogP contribution in [0.25, 0.3) is 0 Å². The summed E-state index contributed by atoms with van der Waals surface area (Å²) in [6.45, 7) is 1.86. The van der Waals surface area contributed by atoms with Crippen molar-refractivity contribution in [2.75, 3.05) is 5.32 Å². The third kappa shape index (κ3) is 5.47. The predicted molar refractivity (Wildman–Crippen MR) is 89.1 cm³/mol. The Morgan fingerprint density at radius 2 is 1.78 bits per heavy atom. The predicted octanol–water partition coefficient (Wildman–Crippen LogP) is 2.47. The summed E-state index contributed by atoms with van der Waals surface area (Å²) in [5, 5.41) is 14.5. The Balaban J connectivity index is 1.79. The normalized spacial score (nSPS) is 11.5.